The van der Waals surface area contributed by atoms with Gasteiger partial charge in [0.05, 0.1) is 32.2 Å². The molecule has 2 aromatic carbocycles. The minimum absolute atomic E-state index is 0.107. The van der Waals surface area contributed by atoms with E-state index in [4.69, 9.17) is 25.8 Å². The highest BCUT2D eigenvalue weighted by atomic mass is 35.5. The van der Waals surface area contributed by atoms with E-state index < -0.39 is 0 Å². The highest BCUT2D eigenvalue weighted by Crippen LogP contribution is 2.30. The van der Waals surface area contributed by atoms with Crippen LogP contribution in [-0.4, -0.2) is 67.3 Å². The van der Waals surface area contributed by atoms with E-state index >= 15 is 0 Å². The number of nitrogens with zero attached hydrogens (tertiary/aromatic N) is 3. The topological polar surface area (TPSA) is 94.9 Å². The van der Waals surface area contributed by atoms with Crippen LogP contribution in [0.25, 0.3) is 16.9 Å². The summed E-state index contributed by atoms with van der Waals surface area (Å²) in [5.74, 6) is 1.14. The molecule has 0 aliphatic carbocycles. The van der Waals surface area contributed by atoms with Gasteiger partial charge in [-0.3, -0.25) is 19.5 Å². The lowest BCUT2D eigenvalue weighted by Gasteiger charge is -2.22. The van der Waals surface area contributed by atoms with Gasteiger partial charge in [0.1, 0.15) is 18.0 Å². The molecule has 0 fully saturated rings. The van der Waals surface area contributed by atoms with E-state index in [1.54, 1.807) is 50.3 Å². The quantitative estimate of drug-likeness (QED) is 0.367. The Morgan fingerprint density at radius 3 is 2.27 bits per heavy atom. The molecule has 0 spiro atoms. The molecule has 0 atom stereocenters. The fourth-order valence-electron chi connectivity index (χ4n) is 3.67. The van der Waals surface area contributed by atoms with Gasteiger partial charge in [0.25, 0.3) is 0 Å². The summed E-state index contributed by atoms with van der Waals surface area (Å²) >= 11 is 6.06. The van der Waals surface area contributed by atoms with Crippen molar-refractivity contribution in [1.82, 2.24) is 14.5 Å². The second kappa shape index (κ2) is 13.1. The largest absolute Gasteiger partial charge is 0.497 e. The van der Waals surface area contributed by atoms with Gasteiger partial charge in [0.15, 0.2) is 0 Å². The summed E-state index contributed by atoms with van der Waals surface area (Å²) in [6.45, 7) is 4.44. The monoisotopic (exact) mass is 528 g/mol. The summed E-state index contributed by atoms with van der Waals surface area (Å²) in [5.41, 5.74) is 2.12. The summed E-state index contributed by atoms with van der Waals surface area (Å²) in [5, 5.41) is 3.48. The molecule has 1 aromatic heterocycles. The average molecular weight is 529 g/mol. The van der Waals surface area contributed by atoms with Crippen LogP contribution in [0.2, 0.25) is 5.02 Å². The molecule has 0 radical (unpaired) electrons. The maximum Gasteiger partial charge on any atom is 0.246 e. The normalized spacial score (nSPS) is 10.9. The Kier molecular flexibility index (Phi) is 9.93. The molecule has 3 rings (SSSR count). The minimum Gasteiger partial charge on any atom is -0.497 e. The first kappa shape index (κ1) is 28.0. The third-order valence-electron chi connectivity index (χ3n) is 5.55. The first-order valence-electron chi connectivity index (χ1n) is 11.9. The van der Waals surface area contributed by atoms with E-state index in [-0.39, 0.29) is 30.2 Å². The van der Waals surface area contributed by atoms with Crippen molar-refractivity contribution in [2.45, 2.75) is 20.3 Å². The van der Waals surface area contributed by atoms with Crippen LogP contribution in [0, 0.1) is 5.92 Å². The number of benzene rings is 2. The number of imidazole rings is 1. The summed E-state index contributed by atoms with van der Waals surface area (Å²) in [6.07, 6.45) is 2.15. The summed E-state index contributed by atoms with van der Waals surface area (Å²) < 4.78 is 17.7. The highest BCUT2D eigenvalue weighted by molar-refractivity contribution is 6.30. The lowest BCUT2D eigenvalue weighted by molar-refractivity contribution is -0.136. The number of nitrogens with one attached hydrogen (secondary N) is 1. The number of aromatic nitrogens is 2. The van der Waals surface area contributed by atoms with Crippen LogP contribution < -0.4 is 14.8 Å². The van der Waals surface area contributed by atoms with Crippen molar-refractivity contribution in [2.75, 3.05) is 46.3 Å². The molecular weight excluding hydrogens is 496 g/mol. The van der Waals surface area contributed by atoms with Crippen molar-refractivity contribution in [3.05, 3.63) is 53.7 Å². The molecule has 0 saturated heterocycles. The third kappa shape index (κ3) is 7.71. The van der Waals surface area contributed by atoms with Gasteiger partial charge >= 0.3 is 0 Å². The Bertz CT molecular complexity index is 1190. The van der Waals surface area contributed by atoms with Crippen LogP contribution in [-0.2, 0) is 14.3 Å². The molecule has 37 heavy (non-hydrogen) atoms. The van der Waals surface area contributed by atoms with E-state index in [1.807, 2.05) is 38.1 Å². The van der Waals surface area contributed by atoms with Crippen LogP contribution in [0.5, 0.6) is 11.5 Å². The Hall–Kier alpha value is -3.56. The van der Waals surface area contributed by atoms with Gasteiger partial charge in [-0.05, 0) is 18.1 Å². The van der Waals surface area contributed by atoms with Crippen molar-refractivity contribution in [3.8, 4) is 28.4 Å². The van der Waals surface area contributed by atoms with Gasteiger partial charge in [-0.25, -0.2) is 4.98 Å². The average Bonchev–Trinajstić information content (AvgIpc) is 3.29. The molecule has 0 unspecified atom stereocenters. The zero-order valence-electron chi connectivity index (χ0n) is 21.8. The van der Waals surface area contributed by atoms with Crippen LogP contribution in [0.4, 0.5) is 5.95 Å². The first-order chi connectivity index (χ1) is 17.7. The number of carbonyl (C=O) groups is 2. The fraction of sp³-hybridized carbons (Fsp3) is 0.370. The molecule has 9 nitrogen and oxygen atoms in total. The lowest BCUT2D eigenvalue weighted by Crippen LogP contribution is -2.40. The van der Waals surface area contributed by atoms with Gasteiger partial charge in [0.2, 0.25) is 17.8 Å². The predicted octanol–water partition coefficient (Wildman–Crippen LogP) is 4.67. The summed E-state index contributed by atoms with van der Waals surface area (Å²) in [4.78, 5) is 32.0. The Morgan fingerprint density at radius 2 is 1.70 bits per heavy atom. The van der Waals surface area contributed by atoms with Gasteiger partial charge < -0.3 is 19.1 Å². The van der Waals surface area contributed by atoms with E-state index in [1.165, 1.54) is 4.90 Å². The van der Waals surface area contributed by atoms with E-state index in [0.717, 1.165) is 5.56 Å². The standard InChI is InChI=1S/C27H33ClN4O5/c1-18(2)12-26(34)31(10-11-35-3)17-25(33)30-27-29-24(19-6-8-20(28)9-7-19)16-32(27)21-13-22(36-4)15-23(14-21)37-5/h6-9,13-16,18H,10-12,17H2,1-5H3,(H,29,30,33). The second-order valence-corrected chi connectivity index (χ2v) is 9.29. The molecular formula is C27H33ClN4O5. The predicted molar refractivity (Wildman–Crippen MR) is 144 cm³/mol. The van der Waals surface area contributed by atoms with Gasteiger partial charge in [-0.2, -0.15) is 0 Å². The number of methoxy groups -OCH3 is 3. The Balaban J connectivity index is 1.96. The number of rotatable bonds is 12. The van der Waals surface area contributed by atoms with E-state index in [9.17, 15) is 9.59 Å². The molecule has 1 heterocycles. The lowest BCUT2D eigenvalue weighted by atomic mass is 10.1. The summed E-state index contributed by atoms with van der Waals surface area (Å²) in [6, 6.07) is 12.6. The van der Waals surface area contributed by atoms with Crippen molar-refractivity contribution < 1.29 is 23.8 Å². The number of amides is 2. The smallest absolute Gasteiger partial charge is 0.246 e. The molecule has 0 aliphatic heterocycles. The third-order valence-corrected chi connectivity index (χ3v) is 5.80. The number of ether oxygens (including phenoxy) is 3. The molecule has 0 saturated carbocycles. The SMILES string of the molecule is COCCN(CC(=O)Nc1nc(-c2ccc(Cl)cc2)cn1-c1cc(OC)cc(OC)c1)C(=O)CC(C)C. The molecule has 0 bridgehead atoms. The zero-order chi connectivity index (χ0) is 26.9. The maximum atomic E-state index is 13.1. The van der Waals surface area contributed by atoms with Crippen molar-refractivity contribution >= 4 is 29.4 Å². The zero-order valence-corrected chi connectivity index (χ0v) is 22.5. The molecule has 10 heteroatoms. The van der Waals surface area contributed by atoms with Gasteiger partial charge in [-0.1, -0.05) is 37.6 Å². The van der Waals surface area contributed by atoms with Crippen LogP contribution >= 0.6 is 11.6 Å². The molecule has 3 aromatic rings. The van der Waals surface area contributed by atoms with Crippen molar-refractivity contribution in [3.63, 3.8) is 0 Å². The Labute approximate surface area is 222 Å². The van der Waals surface area contributed by atoms with Crippen molar-refractivity contribution in [1.29, 1.82) is 0 Å². The molecule has 1 N–H and O–H groups in total. The fourth-order valence-corrected chi connectivity index (χ4v) is 3.79. The van der Waals surface area contributed by atoms with Crippen molar-refractivity contribution in [2.24, 2.45) is 5.92 Å². The van der Waals surface area contributed by atoms with Crippen LogP contribution in [0.1, 0.15) is 20.3 Å². The summed E-state index contributed by atoms with van der Waals surface area (Å²) in [7, 11) is 4.69. The number of anilines is 1. The number of hydrogen-bond acceptors (Lipinski definition) is 6. The number of hydrogen-bond donors (Lipinski definition) is 1. The highest BCUT2D eigenvalue weighted by Gasteiger charge is 2.21. The first-order valence-corrected chi connectivity index (χ1v) is 12.3. The van der Waals surface area contributed by atoms with Crippen LogP contribution in [0.3, 0.4) is 0 Å². The van der Waals surface area contributed by atoms with Crippen LogP contribution in [0.15, 0.2) is 48.7 Å². The van der Waals surface area contributed by atoms with Gasteiger partial charge in [0, 0.05) is 55.1 Å². The molecule has 198 valence electrons. The molecule has 2 amide bonds. The molecule has 0 aliphatic rings. The van der Waals surface area contributed by atoms with E-state index in [2.05, 4.69) is 10.3 Å². The van der Waals surface area contributed by atoms with E-state index in [0.29, 0.717) is 47.5 Å². The second-order valence-electron chi connectivity index (χ2n) is 8.85. The number of halogens is 1. The minimum atomic E-state index is -0.377. The Morgan fingerprint density at radius 1 is 1.05 bits per heavy atom. The maximum absolute atomic E-state index is 13.1. The van der Waals surface area contributed by atoms with Gasteiger partial charge in [-0.15, -0.1) is 0 Å². The number of carbonyl (C=O) groups excluding carboxylic acids is 2.